The highest BCUT2D eigenvalue weighted by atomic mass is 16.2. The molecule has 2 nitrogen and oxygen atoms in total. The van der Waals surface area contributed by atoms with Crippen LogP contribution in [0.4, 0.5) is 0 Å². The van der Waals surface area contributed by atoms with E-state index in [1.807, 2.05) is 54.7 Å². The zero-order chi connectivity index (χ0) is 14.8. The fourth-order valence-corrected chi connectivity index (χ4v) is 2.75. The van der Waals surface area contributed by atoms with Crippen LogP contribution in [0.2, 0.25) is 0 Å². The lowest BCUT2D eigenvalue weighted by Crippen LogP contribution is -2.10. The lowest BCUT2D eigenvalue weighted by atomic mass is 10.00. The summed E-state index contributed by atoms with van der Waals surface area (Å²) >= 11 is 0. The summed E-state index contributed by atoms with van der Waals surface area (Å²) in [6.45, 7) is 4.43. The number of hydrogen-bond acceptors (Lipinski definition) is 1. The van der Waals surface area contributed by atoms with Gasteiger partial charge >= 0.3 is 0 Å². The summed E-state index contributed by atoms with van der Waals surface area (Å²) < 4.78 is 1.74. The lowest BCUT2D eigenvalue weighted by Gasteiger charge is -2.08. The predicted octanol–water partition coefficient (Wildman–Crippen LogP) is 4.53. The maximum absolute atomic E-state index is 12.6. The number of benzene rings is 2. The first-order valence-corrected chi connectivity index (χ1v) is 7.35. The molecule has 0 amide bonds. The summed E-state index contributed by atoms with van der Waals surface area (Å²) in [6, 6.07) is 17.7. The fourth-order valence-electron chi connectivity index (χ4n) is 2.75. The average molecular weight is 277 g/mol. The number of fused-ring (bicyclic) bond motifs is 1. The van der Waals surface area contributed by atoms with E-state index in [9.17, 15) is 4.79 Å². The van der Waals surface area contributed by atoms with E-state index in [1.54, 1.807) is 4.57 Å². The van der Waals surface area contributed by atoms with Gasteiger partial charge in [0.2, 0.25) is 0 Å². The van der Waals surface area contributed by atoms with Gasteiger partial charge in [0.25, 0.3) is 5.91 Å². The van der Waals surface area contributed by atoms with Crippen LogP contribution in [-0.4, -0.2) is 10.5 Å². The summed E-state index contributed by atoms with van der Waals surface area (Å²) in [4.78, 5) is 12.6. The van der Waals surface area contributed by atoms with Crippen molar-refractivity contribution >= 4 is 16.8 Å². The number of carbonyl (C=O) groups excluding carboxylic acids is 1. The van der Waals surface area contributed by atoms with Crippen molar-refractivity contribution in [3.05, 3.63) is 71.9 Å². The van der Waals surface area contributed by atoms with Crippen molar-refractivity contribution in [1.29, 1.82) is 0 Å². The molecule has 0 N–H and O–H groups in total. The van der Waals surface area contributed by atoms with Gasteiger partial charge in [-0.2, -0.15) is 0 Å². The molecule has 0 unspecified atom stereocenters. The second-order valence-corrected chi connectivity index (χ2v) is 5.80. The van der Waals surface area contributed by atoms with Gasteiger partial charge in [-0.15, -0.1) is 0 Å². The second kappa shape index (κ2) is 5.57. The largest absolute Gasteiger partial charge is 0.283 e. The maximum Gasteiger partial charge on any atom is 0.262 e. The van der Waals surface area contributed by atoms with Crippen LogP contribution in [0.5, 0.6) is 0 Å². The highest BCUT2D eigenvalue weighted by Gasteiger charge is 2.13. The number of carbonyl (C=O) groups is 1. The Morgan fingerprint density at radius 3 is 2.48 bits per heavy atom. The minimum atomic E-state index is 0.0206. The molecule has 2 heteroatoms. The molecule has 2 aromatic carbocycles. The molecule has 0 fully saturated rings. The van der Waals surface area contributed by atoms with Gasteiger partial charge in [-0.3, -0.25) is 9.36 Å². The third kappa shape index (κ3) is 2.62. The van der Waals surface area contributed by atoms with E-state index < -0.39 is 0 Å². The van der Waals surface area contributed by atoms with Gasteiger partial charge in [0, 0.05) is 17.1 Å². The zero-order valence-electron chi connectivity index (χ0n) is 12.4. The van der Waals surface area contributed by atoms with E-state index >= 15 is 0 Å². The van der Waals surface area contributed by atoms with Crippen molar-refractivity contribution in [2.75, 3.05) is 0 Å². The van der Waals surface area contributed by atoms with E-state index in [0.717, 1.165) is 11.9 Å². The molecule has 0 spiro atoms. The maximum atomic E-state index is 12.6. The van der Waals surface area contributed by atoms with Crippen molar-refractivity contribution in [3.8, 4) is 0 Å². The van der Waals surface area contributed by atoms with E-state index in [-0.39, 0.29) is 5.91 Å². The summed E-state index contributed by atoms with van der Waals surface area (Å²) in [5, 5.41) is 1.18. The standard InChI is InChI=1S/C19H19NO/c1-14(2)13-16-9-6-10-18-17(16)11-12-20(18)19(21)15-7-4-3-5-8-15/h3-12,14H,13H2,1-2H3. The molecule has 3 rings (SSSR count). The molecule has 0 atom stereocenters. The molecule has 0 aliphatic heterocycles. The van der Waals surface area contributed by atoms with Crippen LogP contribution >= 0.6 is 0 Å². The Bertz CT molecular complexity index is 769. The molecular formula is C19H19NO. The quantitative estimate of drug-likeness (QED) is 0.689. The van der Waals surface area contributed by atoms with E-state index in [0.29, 0.717) is 11.5 Å². The zero-order valence-corrected chi connectivity index (χ0v) is 12.4. The summed E-state index contributed by atoms with van der Waals surface area (Å²) in [6.07, 6.45) is 2.91. The molecule has 1 aromatic heterocycles. The van der Waals surface area contributed by atoms with Crippen LogP contribution in [0.1, 0.15) is 29.8 Å². The van der Waals surface area contributed by atoms with Gasteiger partial charge in [-0.1, -0.05) is 44.2 Å². The van der Waals surface area contributed by atoms with Crippen LogP contribution < -0.4 is 0 Å². The minimum absolute atomic E-state index is 0.0206. The molecule has 106 valence electrons. The minimum Gasteiger partial charge on any atom is -0.283 e. The van der Waals surface area contributed by atoms with Gasteiger partial charge in [0.1, 0.15) is 0 Å². The van der Waals surface area contributed by atoms with E-state index in [1.165, 1.54) is 10.9 Å². The van der Waals surface area contributed by atoms with E-state index in [4.69, 9.17) is 0 Å². The van der Waals surface area contributed by atoms with Crippen LogP contribution in [0.25, 0.3) is 10.9 Å². The molecule has 0 aliphatic rings. The topological polar surface area (TPSA) is 22.0 Å². The molecular weight excluding hydrogens is 258 g/mol. The van der Waals surface area contributed by atoms with E-state index in [2.05, 4.69) is 19.9 Å². The third-order valence-corrected chi connectivity index (χ3v) is 3.69. The smallest absolute Gasteiger partial charge is 0.262 e. The summed E-state index contributed by atoms with van der Waals surface area (Å²) in [5.41, 5.74) is 3.01. The monoisotopic (exact) mass is 277 g/mol. The Hall–Kier alpha value is -2.35. The van der Waals surface area contributed by atoms with Crippen molar-refractivity contribution in [2.45, 2.75) is 20.3 Å². The van der Waals surface area contributed by atoms with Crippen molar-refractivity contribution < 1.29 is 4.79 Å². The SMILES string of the molecule is CC(C)Cc1cccc2c1ccn2C(=O)c1ccccc1. The van der Waals surface area contributed by atoms with Gasteiger partial charge in [0.15, 0.2) is 0 Å². The fraction of sp³-hybridized carbons (Fsp3) is 0.211. The molecule has 0 aliphatic carbocycles. The van der Waals surface area contributed by atoms with Gasteiger partial charge in [-0.05, 0) is 42.2 Å². The second-order valence-electron chi connectivity index (χ2n) is 5.80. The summed E-state index contributed by atoms with van der Waals surface area (Å²) in [7, 11) is 0. The molecule has 3 aromatic rings. The molecule has 0 saturated carbocycles. The predicted molar refractivity (Wildman–Crippen MR) is 86.7 cm³/mol. The molecule has 0 radical (unpaired) electrons. The highest BCUT2D eigenvalue weighted by molar-refractivity contribution is 6.02. The first-order chi connectivity index (χ1) is 10.2. The van der Waals surface area contributed by atoms with Crippen LogP contribution in [0.15, 0.2) is 60.8 Å². The molecule has 0 saturated heterocycles. The molecule has 21 heavy (non-hydrogen) atoms. The number of hydrogen-bond donors (Lipinski definition) is 0. The molecule has 1 heterocycles. The number of aromatic nitrogens is 1. The summed E-state index contributed by atoms with van der Waals surface area (Å²) in [5.74, 6) is 0.621. The Labute approximate surface area is 125 Å². The molecule has 0 bridgehead atoms. The van der Waals surface area contributed by atoms with Crippen LogP contribution in [0.3, 0.4) is 0 Å². The van der Waals surface area contributed by atoms with Crippen molar-refractivity contribution in [2.24, 2.45) is 5.92 Å². The van der Waals surface area contributed by atoms with Gasteiger partial charge < -0.3 is 0 Å². The Balaban J connectivity index is 2.07. The highest BCUT2D eigenvalue weighted by Crippen LogP contribution is 2.23. The van der Waals surface area contributed by atoms with Crippen LogP contribution in [0, 0.1) is 5.92 Å². The first kappa shape index (κ1) is 13.6. The third-order valence-electron chi connectivity index (χ3n) is 3.69. The number of rotatable bonds is 3. The average Bonchev–Trinajstić information content (AvgIpc) is 2.92. The van der Waals surface area contributed by atoms with Crippen molar-refractivity contribution in [1.82, 2.24) is 4.57 Å². The first-order valence-electron chi connectivity index (χ1n) is 7.35. The van der Waals surface area contributed by atoms with Crippen LogP contribution in [-0.2, 0) is 6.42 Å². The normalized spacial score (nSPS) is 11.2. The van der Waals surface area contributed by atoms with Crippen molar-refractivity contribution in [3.63, 3.8) is 0 Å². The lowest BCUT2D eigenvalue weighted by molar-refractivity contribution is 0.0965. The Morgan fingerprint density at radius 2 is 1.76 bits per heavy atom. The van der Waals surface area contributed by atoms with Gasteiger partial charge in [0.05, 0.1) is 5.52 Å². The van der Waals surface area contributed by atoms with Gasteiger partial charge in [-0.25, -0.2) is 0 Å². The number of nitrogens with zero attached hydrogens (tertiary/aromatic N) is 1. The Morgan fingerprint density at radius 1 is 1.00 bits per heavy atom. The Kier molecular flexibility index (Phi) is 3.61.